The van der Waals surface area contributed by atoms with Crippen LogP contribution in [0.2, 0.25) is 0 Å². The minimum atomic E-state index is -0.0743. The molecule has 3 aromatic rings. The van der Waals surface area contributed by atoms with E-state index in [2.05, 4.69) is 17.2 Å². The molecule has 0 aliphatic carbocycles. The molecule has 0 saturated heterocycles. The Morgan fingerprint density at radius 1 is 1.30 bits per heavy atom. The van der Waals surface area contributed by atoms with E-state index in [1.165, 1.54) is 0 Å². The number of carbonyl (C=O) groups is 1. The van der Waals surface area contributed by atoms with Crippen molar-refractivity contribution in [1.29, 1.82) is 0 Å². The van der Waals surface area contributed by atoms with E-state index in [1.54, 1.807) is 19.6 Å². The highest BCUT2D eigenvalue weighted by Crippen LogP contribution is 2.25. The van der Waals surface area contributed by atoms with Crippen molar-refractivity contribution in [3.8, 4) is 11.6 Å². The van der Waals surface area contributed by atoms with Crippen LogP contribution >= 0.6 is 0 Å². The van der Waals surface area contributed by atoms with Crippen LogP contribution in [0.5, 0.6) is 11.6 Å². The molecule has 0 spiro atoms. The molecule has 1 unspecified atom stereocenters. The topological polar surface area (TPSA) is 73.6 Å². The van der Waals surface area contributed by atoms with Gasteiger partial charge in [-0.3, -0.25) is 4.79 Å². The Labute approximate surface area is 158 Å². The van der Waals surface area contributed by atoms with Crippen molar-refractivity contribution in [2.24, 2.45) is 0 Å². The summed E-state index contributed by atoms with van der Waals surface area (Å²) >= 11 is 0. The van der Waals surface area contributed by atoms with E-state index in [0.717, 1.165) is 28.7 Å². The van der Waals surface area contributed by atoms with Gasteiger partial charge >= 0.3 is 0 Å². The Hall–Kier alpha value is -3.02. The highest BCUT2D eigenvalue weighted by atomic mass is 16.5. The molecule has 3 rings (SSSR count). The molecule has 27 heavy (non-hydrogen) atoms. The first-order valence-corrected chi connectivity index (χ1v) is 9.01. The summed E-state index contributed by atoms with van der Waals surface area (Å²) in [6.07, 6.45) is 4.58. The molecular weight excluding hydrogens is 344 g/mol. The van der Waals surface area contributed by atoms with Crippen LogP contribution in [0.15, 0.2) is 47.2 Å². The number of benzene rings is 1. The minimum absolute atomic E-state index is 0.0743. The second kappa shape index (κ2) is 8.58. The molecule has 0 bridgehead atoms. The zero-order valence-electron chi connectivity index (χ0n) is 15.8. The van der Waals surface area contributed by atoms with E-state index in [0.29, 0.717) is 18.0 Å². The van der Waals surface area contributed by atoms with Gasteiger partial charge in [-0.1, -0.05) is 6.92 Å². The molecular formula is C21H24N2O4. The number of ether oxygens (including phenoxy) is 2. The van der Waals surface area contributed by atoms with E-state index < -0.39 is 0 Å². The molecule has 0 radical (unpaired) electrons. The Morgan fingerprint density at radius 3 is 2.93 bits per heavy atom. The average molecular weight is 368 g/mol. The van der Waals surface area contributed by atoms with Crippen LogP contribution in [-0.4, -0.2) is 24.1 Å². The molecule has 142 valence electrons. The molecule has 1 amide bonds. The van der Waals surface area contributed by atoms with E-state index >= 15 is 0 Å². The summed E-state index contributed by atoms with van der Waals surface area (Å²) in [5.74, 6) is 1.22. The third-order valence-corrected chi connectivity index (χ3v) is 4.40. The smallest absolute Gasteiger partial charge is 0.224 e. The molecule has 1 aromatic carbocycles. The fraction of sp³-hybridized carbons (Fsp3) is 0.333. The lowest BCUT2D eigenvalue weighted by Crippen LogP contribution is -2.24. The molecule has 0 fully saturated rings. The number of amides is 1. The van der Waals surface area contributed by atoms with Gasteiger partial charge in [-0.2, -0.15) is 0 Å². The van der Waals surface area contributed by atoms with Crippen molar-refractivity contribution in [3.05, 3.63) is 53.9 Å². The van der Waals surface area contributed by atoms with Gasteiger partial charge in [0.1, 0.15) is 11.3 Å². The summed E-state index contributed by atoms with van der Waals surface area (Å²) in [7, 11) is 1.61. The largest absolute Gasteiger partial charge is 0.497 e. The van der Waals surface area contributed by atoms with Gasteiger partial charge in [0.15, 0.2) is 0 Å². The van der Waals surface area contributed by atoms with Crippen LogP contribution in [-0.2, 0) is 17.8 Å². The van der Waals surface area contributed by atoms with Crippen molar-refractivity contribution in [3.63, 3.8) is 0 Å². The van der Waals surface area contributed by atoms with Crippen LogP contribution in [0.3, 0.4) is 0 Å². The Bertz CT molecular complexity index is 919. The van der Waals surface area contributed by atoms with Crippen molar-refractivity contribution in [2.45, 2.75) is 39.3 Å². The second-order valence-electron chi connectivity index (χ2n) is 6.42. The molecule has 6 heteroatoms. The quantitative estimate of drug-likeness (QED) is 0.653. The van der Waals surface area contributed by atoms with Gasteiger partial charge in [-0.25, -0.2) is 4.98 Å². The minimum Gasteiger partial charge on any atom is -0.497 e. The summed E-state index contributed by atoms with van der Waals surface area (Å²) in [6, 6.07) is 9.29. The van der Waals surface area contributed by atoms with Crippen LogP contribution < -0.4 is 14.8 Å². The Kier molecular flexibility index (Phi) is 5.96. The summed E-state index contributed by atoms with van der Waals surface area (Å²) in [5.41, 5.74) is 2.50. The number of hydrogen-bond acceptors (Lipinski definition) is 5. The zero-order valence-corrected chi connectivity index (χ0v) is 15.8. The van der Waals surface area contributed by atoms with Crippen LogP contribution in [0.1, 0.15) is 31.4 Å². The van der Waals surface area contributed by atoms with E-state index in [9.17, 15) is 4.79 Å². The standard InChI is InChI=1S/C21H24N2O4/c1-4-14(2)27-21-9-15(7-8-22-21)12-23-20(24)10-16-13-26-19-11-17(25-3)5-6-18(16)19/h5-9,11,13-14H,4,10,12H2,1-3H3,(H,23,24). The maximum atomic E-state index is 12.3. The summed E-state index contributed by atoms with van der Waals surface area (Å²) in [4.78, 5) is 16.5. The number of furan rings is 1. The van der Waals surface area contributed by atoms with Crippen molar-refractivity contribution in [1.82, 2.24) is 10.3 Å². The van der Waals surface area contributed by atoms with Gasteiger partial charge in [0.05, 0.1) is 25.9 Å². The maximum Gasteiger partial charge on any atom is 0.224 e. The van der Waals surface area contributed by atoms with Gasteiger partial charge < -0.3 is 19.2 Å². The Morgan fingerprint density at radius 2 is 2.15 bits per heavy atom. The van der Waals surface area contributed by atoms with E-state index in [4.69, 9.17) is 13.9 Å². The molecule has 2 aromatic heterocycles. The SMILES string of the molecule is CCC(C)Oc1cc(CNC(=O)Cc2coc3cc(OC)ccc23)ccn1. The predicted octanol–water partition coefficient (Wildman–Crippen LogP) is 3.87. The highest BCUT2D eigenvalue weighted by molar-refractivity contribution is 5.88. The number of nitrogens with zero attached hydrogens (tertiary/aromatic N) is 1. The lowest BCUT2D eigenvalue weighted by Gasteiger charge is -2.12. The zero-order chi connectivity index (χ0) is 19.2. The Balaban J connectivity index is 1.59. The first kappa shape index (κ1) is 18.8. The lowest BCUT2D eigenvalue weighted by atomic mass is 10.1. The first-order chi connectivity index (χ1) is 13.1. The van der Waals surface area contributed by atoms with Gasteiger partial charge in [-0.05, 0) is 37.1 Å². The van der Waals surface area contributed by atoms with Crippen molar-refractivity contribution < 1.29 is 18.7 Å². The first-order valence-electron chi connectivity index (χ1n) is 9.01. The van der Waals surface area contributed by atoms with Crippen LogP contribution in [0.25, 0.3) is 11.0 Å². The van der Waals surface area contributed by atoms with Crippen molar-refractivity contribution in [2.75, 3.05) is 7.11 Å². The molecule has 0 aliphatic rings. The summed E-state index contributed by atoms with van der Waals surface area (Å²) in [6.45, 7) is 4.48. The number of rotatable bonds is 8. The van der Waals surface area contributed by atoms with Gasteiger partial charge in [0.25, 0.3) is 0 Å². The molecule has 0 saturated carbocycles. The molecule has 6 nitrogen and oxygen atoms in total. The number of hydrogen-bond donors (Lipinski definition) is 1. The third kappa shape index (κ3) is 4.78. The molecule has 1 N–H and O–H groups in total. The molecule has 1 atom stereocenters. The van der Waals surface area contributed by atoms with E-state index in [1.807, 2.05) is 37.3 Å². The number of methoxy groups -OCH3 is 1. The normalized spacial score (nSPS) is 12.0. The van der Waals surface area contributed by atoms with Crippen LogP contribution in [0, 0.1) is 0 Å². The average Bonchev–Trinajstić information content (AvgIpc) is 3.08. The number of aromatic nitrogens is 1. The molecule has 2 heterocycles. The highest BCUT2D eigenvalue weighted by Gasteiger charge is 2.11. The summed E-state index contributed by atoms with van der Waals surface area (Å²) in [5, 5.41) is 3.85. The van der Waals surface area contributed by atoms with Gasteiger partial charge in [0.2, 0.25) is 11.8 Å². The van der Waals surface area contributed by atoms with E-state index in [-0.39, 0.29) is 18.4 Å². The van der Waals surface area contributed by atoms with Gasteiger partial charge in [-0.15, -0.1) is 0 Å². The fourth-order valence-electron chi connectivity index (χ4n) is 2.68. The number of nitrogens with one attached hydrogen (secondary N) is 1. The number of pyridine rings is 1. The second-order valence-corrected chi connectivity index (χ2v) is 6.42. The predicted molar refractivity (Wildman–Crippen MR) is 103 cm³/mol. The lowest BCUT2D eigenvalue weighted by molar-refractivity contribution is -0.120. The maximum absolute atomic E-state index is 12.3. The van der Waals surface area contributed by atoms with Gasteiger partial charge in [0, 0.05) is 35.8 Å². The van der Waals surface area contributed by atoms with Crippen LogP contribution in [0.4, 0.5) is 0 Å². The van der Waals surface area contributed by atoms with Crippen molar-refractivity contribution >= 4 is 16.9 Å². The fourth-order valence-corrected chi connectivity index (χ4v) is 2.68. The summed E-state index contributed by atoms with van der Waals surface area (Å²) < 4.78 is 16.4. The third-order valence-electron chi connectivity index (χ3n) is 4.40. The number of carbonyl (C=O) groups excluding carboxylic acids is 1. The molecule has 0 aliphatic heterocycles. The monoisotopic (exact) mass is 368 g/mol. The number of fused-ring (bicyclic) bond motifs is 1.